The summed E-state index contributed by atoms with van der Waals surface area (Å²) in [5.41, 5.74) is 2.18. The zero-order valence-corrected chi connectivity index (χ0v) is 17.1. The normalized spacial score (nSPS) is 19.5. The van der Waals surface area contributed by atoms with E-state index in [1.807, 2.05) is 35.9 Å². The van der Waals surface area contributed by atoms with Crippen LogP contribution in [0.4, 0.5) is 0 Å². The molecule has 0 spiro atoms. The van der Waals surface area contributed by atoms with Crippen LogP contribution in [0.15, 0.2) is 24.3 Å². The lowest BCUT2D eigenvalue weighted by molar-refractivity contribution is 0.137. The summed E-state index contributed by atoms with van der Waals surface area (Å²) in [6.07, 6.45) is 0.682. The van der Waals surface area contributed by atoms with E-state index in [1.165, 1.54) is 5.56 Å². The van der Waals surface area contributed by atoms with Gasteiger partial charge in [0.2, 0.25) is 4.77 Å². The van der Waals surface area contributed by atoms with Crippen molar-refractivity contribution in [2.24, 2.45) is 5.92 Å². The van der Waals surface area contributed by atoms with E-state index >= 15 is 0 Å². The highest BCUT2D eigenvalue weighted by Crippen LogP contribution is 2.21. The van der Waals surface area contributed by atoms with Gasteiger partial charge in [0.05, 0.1) is 18.2 Å². The van der Waals surface area contributed by atoms with Crippen molar-refractivity contribution in [1.29, 1.82) is 0 Å². The molecule has 1 aromatic carbocycles. The van der Waals surface area contributed by atoms with Crippen LogP contribution in [0.5, 0.6) is 0 Å². The lowest BCUT2D eigenvalue weighted by Crippen LogP contribution is -2.40. The molecule has 1 N–H and O–H groups in total. The molecule has 26 heavy (non-hydrogen) atoms. The zero-order chi connectivity index (χ0) is 18.9. The molecule has 1 atom stereocenters. The van der Waals surface area contributed by atoms with Gasteiger partial charge in [-0.3, -0.25) is 10.00 Å². The number of sulfone groups is 1. The predicted molar refractivity (Wildman–Crippen MR) is 106 cm³/mol. The highest BCUT2D eigenvalue weighted by molar-refractivity contribution is 7.91. The van der Waals surface area contributed by atoms with Crippen molar-refractivity contribution in [2.45, 2.75) is 39.9 Å². The molecule has 1 aliphatic heterocycles. The Balaban J connectivity index is 1.82. The van der Waals surface area contributed by atoms with Crippen molar-refractivity contribution >= 4 is 22.1 Å². The quantitative estimate of drug-likeness (QED) is 0.763. The van der Waals surface area contributed by atoms with E-state index in [0.717, 1.165) is 17.9 Å². The lowest BCUT2D eigenvalue weighted by Gasteiger charge is -2.29. The smallest absolute Gasteiger partial charge is 0.217 e. The topological polar surface area (TPSA) is 71.0 Å². The molecule has 2 aromatic rings. The Morgan fingerprint density at radius 2 is 2.04 bits per heavy atom. The summed E-state index contributed by atoms with van der Waals surface area (Å²) < 4.78 is 26.1. The predicted octanol–water partition coefficient (Wildman–Crippen LogP) is 3.02. The highest BCUT2D eigenvalue weighted by atomic mass is 32.2. The molecule has 0 radical (unpaired) electrons. The van der Waals surface area contributed by atoms with Gasteiger partial charge in [0.25, 0.3) is 0 Å². The Bertz CT molecular complexity index is 913. The number of nitrogens with one attached hydrogen (secondary N) is 1. The molecule has 0 saturated carbocycles. The van der Waals surface area contributed by atoms with Gasteiger partial charge in [-0.25, -0.2) is 13.1 Å². The molecule has 1 saturated heterocycles. The number of benzene rings is 1. The average Bonchev–Trinajstić information content (AvgIpc) is 3.10. The molecular formula is C18H26N4O2S2. The first-order valence-electron chi connectivity index (χ1n) is 8.92. The number of hydrogen-bond acceptors (Lipinski definition) is 5. The third-order valence-electron chi connectivity index (χ3n) is 4.65. The second kappa shape index (κ2) is 7.62. The number of nitrogens with zero attached hydrogens (tertiary/aromatic N) is 3. The van der Waals surface area contributed by atoms with Gasteiger partial charge in [0.1, 0.15) is 0 Å². The second-order valence-electron chi connectivity index (χ2n) is 7.51. The first-order chi connectivity index (χ1) is 12.2. The lowest BCUT2D eigenvalue weighted by atomic mass is 10.1. The summed E-state index contributed by atoms with van der Waals surface area (Å²) in [7, 11) is -2.92. The number of hydrogen-bond donors (Lipinski definition) is 1. The van der Waals surface area contributed by atoms with Gasteiger partial charge < -0.3 is 0 Å². The van der Waals surface area contributed by atoms with E-state index in [9.17, 15) is 8.42 Å². The highest BCUT2D eigenvalue weighted by Gasteiger charge is 2.32. The molecule has 1 aromatic heterocycles. The van der Waals surface area contributed by atoms with E-state index in [0.29, 0.717) is 23.8 Å². The average molecular weight is 395 g/mol. The Labute approximate surface area is 160 Å². The van der Waals surface area contributed by atoms with Gasteiger partial charge in [0, 0.05) is 18.2 Å². The van der Waals surface area contributed by atoms with Crippen molar-refractivity contribution in [3.05, 3.63) is 34.6 Å². The summed E-state index contributed by atoms with van der Waals surface area (Å²) in [5, 5.41) is 3.28. The van der Waals surface area contributed by atoms with E-state index in [-0.39, 0.29) is 17.5 Å². The SMILES string of the molecule is Cc1ccc(-c2nc(=S)n(CN(CC(C)C)[C@@H]3CCS(=O)(=O)C3)[nH]2)cc1. The summed E-state index contributed by atoms with van der Waals surface area (Å²) in [4.78, 5) is 6.69. The van der Waals surface area contributed by atoms with Crippen molar-refractivity contribution in [3.63, 3.8) is 0 Å². The van der Waals surface area contributed by atoms with Crippen molar-refractivity contribution in [1.82, 2.24) is 19.7 Å². The molecule has 1 fully saturated rings. The van der Waals surface area contributed by atoms with Crippen LogP contribution in [0.25, 0.3) is 11.4 Å². The van der Waals surface area contributed by atoms with Crippen molar-refractivity contribution in [3.8, 4) is 11.4 Å². The van der Waals surface area contributed by atoms with Crippen LogP contribution >= 0.6 is 12.2 Å². The van der Waals surface area contributed by atoms with Crippen LogP contribution in [0.2, 0.25) is 0 Å². The van der Waals surface area contributed by atoms with Crippen LogP contribution < -0.4 is 0 Å². The van der Waals surface area contributed by atoms with Gasteiger partial charge >= 0.3 is 0 Å². The fourth-order valence-electron chi connectivity index (χ4n) is 3.33. The van der Waals surface area contributed by atoms with Crippen molar-refractivity contribution < 1.29 is 8.42 Å². The molecule has 142 valence electrons. The fourth-order valence-corrected chi connectivity index (χ4v) is 5.29. The molecular weight excluding hydrogens is 368 g/mol. The molecule has 8 heteroatoms. The minimum Gasteiger partial charge on any atom is -0.280 e. The first-order valence-corrected chi connectivity index (χ1v) is 11.1. The molecule has 3 rings (SSSR count). The molecule has 0 unspecified atom stereocenters. The maximum absolute atomic E-state index is 11.9. The molecule has 0 amide bonds. The summed E-state index contributed by atoms with van der Waals surface area (Å²) in [6.45, 7) is 7.67. The molecule has 6 nitrogen and oxygen atoms in total. The van der Waals surface area contributed by atoms with Crippen LogP contribution in [0, 0.1) is 17.6 Å². The number of aryl methyl sites for hydroxylation is 1. The van der Waals surface area contributed by atoms with Gasteiger partial charge in [-0.2, -0.15) is 4.98 Å². The summed E-state index contributed by atoms with van der Waals surface area (Å²) in [5.74, 6) is 1.67. The summed E-state index contributed by atoms with van der Waals surface area (Å²) >= 11 is 5.43. The third-order valence-corrected chi connectivity index (χ3v) is 6.71. The zero-order valence-electron chi connectivity index (χ0n) is 15.5. The Morgan fingerprint density at radius 1 is 1.35 bits per heavy atom. The van der Waals surface area contributed by atoms with Crippen molar-refractivity contribution in [2.75, 3.05) is 18.1 Å². The molecule has 0 aliphatic carbocycles. The standard InChI is InChI=1S/C18H26N4O2S2/c1-13(2)10-21(16-8-9-26(23,24)11-16)12-22-18(25)19-17(20-22)15-6-4-14(3)5-7-15/h4-7,13,16H,8-12H2,1-3H3,(H,19,20,25)/t16-/m1/s1. The first kappa shape index (κ1) is 19.3. The maximum atomic E-state index is 11.9. The minimum absolute atomic E-state index is 0.0374. The van der Waals surface area contributed by atoms with Crippen LogP contribution in [-0.2, 0) is 16.5 Å². The van der Waals surface area contributed by atoms with E-state index in [1.54, 1.807) is 0 Å². The van der Waals surface area contributed by atoms with Crippen LogP contribution in [0.1, 0.15) is 25.8 Å². The fraction of sp³-hybridized carbons (Fsp3) is 0.556. The number of aromatic amines is 1. The maximum Gasteiger partial charge on any atom is 0.217 e. The number of H-pyrrole nitrogens is 1. The molecule has 0 bridgehead atoms. The molecule has 1 aliphatic rings. The van der Waals surface area contributed by atoms with Crippen LogP contribution in [0.3, 0.4) is 0 Å². The number of rotatable bonds is 6. The largest absolute Gasteiger partial charge is 0.280 e. The van der Waals surface area contributed by atoms with Gasteiger partial charge in [-0.1, -0.05) is 43.7 Å². The number of aromatic nitrogens is 3. The third kappa shape index (κ3) is 4.61. The van der Waals surface area contributed by atoms with Gasteiger partial charge in [0.15, 0.2) is 15.7 Å². The second-order valence-corrected chi connectivity index (χ2v) is 10.1. The van der Waals surface area contributed by atoms with E-state index in [2.05, 4.69) is 28.8 Å². The summed E-state index contributed by atoms with van der Waals surface area (Å²) in [6, 6.07) is 8.15. The van der Waals surface area contributed by atoms with E-state index in [4.69, 9.17) is 12.2 Å². The minimum atomic E-state index is -2.92. The van der Waals surface area contributed by atoms with E-state index < -0.39 is 9.84 Å². The Kier molecular flexibility index (Phi) is 5.64. The molecule has 2 heterocycles. The van der Waals surface area contributed by atoms with Crippen LogP contribution in [-0.4, -0.2) is 52.2 Å². The van der Waals surface area contributed by atoms with Gasteiger partial charge in [-0.05, 0) is 31.5 Å². The monoisotopic (exact) mass is 394 g/mol. The Morgan fingerprint density at radius 3 is 2.62 bits per heavy atom. The Hall–Kier alpha value is -1.51. The van der Waals surface area contributed by atoms with Gasteiger partial charge in [-0.15, -0.1) is 0 Å².